The zero-order valence-corrected chi connectivity index (χ0v) is 18.7. The van der Waals surface area contributed by atoms with E-state index < -0.39 is 18.1 Å². The molecule has 8 heteroatoms. The van der Waals surface area contributed by atoms with Crippen LogP contribution in [-0.4, -0.2) is 53.0 Å². The molecule has 0 aromatic heterocycles. The third kappa shape index (κ3) is 4.50. The van der Waals surface area contributed by atoms with Crippen molar-refractivity contribution in [2.75, 3.05) is 13.7 Å². The van der Waals surface area contributed by atoms with Gasteiger partial charge in [-0.2, -0.15) is 0 Å². The molecule has 1 saturated heterocycles. The molecule has 0 spiro atoms. The minimum absolute atomic E-state index is 0.0997. The van der Waals surface area contributed by atoms with Gasteiger partial charge < -0.3 is 19.1 Å². The van der Waals surface area contributed by atoms with Crippen molar-refractivity contribution >= 4 is 28.7 Å². The van der Waals surface area contributed by atoms with E-state index in [-0.39, 0.29) is 24.5 Å². The molecular weight excluding hydrogens is 428 g/mol. The highest BCUT2D eigenvalue weighted by molar-refractivity contribution is 8.15. The quantitative estimate of drug-likeness (QED) is 0.330. The van der Waals surface area contributed by atoms with E-state index in [4.69, 9.17) is 14.2 Å². The summed E-state index contributed by atoms with van der Waals surface area (Å²) in [5.74, 6) is 0.754. The minimum atomic E-state index is -0.848. The largest absolute Gasteiger partial charge is 0.497 e. The summed E-state index contributed by atoms with van der Waals surface area (Å²) in [5, 5.41) is 0.471. The van der Waals surface area contributed by atoms with E-state index in [1.165, 1.54) is 16.7 Å². The fourth-order valence-corrected chi connectivity index (χ4v) is 4.78. The first-order valence-corrected chi connectivity index (χ1v) is 11.0. The molecule has 32 heavy (non-hydrogen) atoms. The number of nitrogens with zero attached hydrogens (tertiary/aromatic N) is 2. The van der Waals surface area contributed by atoms with Crippen LogP contribution >= 0.6 is 11.8 Å². The Bertz CT molecular complexity index is 1040. The van der Waals surface area contributed by atoms with E-state index in [1.807, 2.05) is 42.5 Å². The number of hydrogen-bond acceptors (Lipinski definition) is 7. The number of hydrogen-bond donors (Lipinski definition) is 0. The van der Waals surface area contributed by atoms with Crippen LogP contribution in [0.3, 0.4) is 0 Å². The van der Waals surface area contributed by atoms with Gasteiger partial charge in [0.25, 0.3) is 5.91 Å². The molecule has 1 fully saturated rings. The summed E-state index contributed by atoms with van der Waals surface area (Å²) in [7, 11) is 1.59. The Labute approximate surface area is 191 Å². The first-order chi connectivity index (χ1) is 15.5. The van der Waals surface area contributed by atoms with Gasteiger partial charge in [-0.3, -0.25) is 9.79 Å². The molecule has 2 aromatic rings. The zero-order chi connectivity index (χ0) is 22.7. The lowest BCUT2D eigenvalue weighted by Crippen LogP contribution is -2.66. The molecule has 0 aliphatic carbocycles. The number of aliphatic imine (C=N–C) groups is 1. The summed E-state index contributed by atoms with van der Waals surface area (Å²) in [6.45, 7) is 6.02. The number of carbonyl (C=O) groups is 2. The molecule has 3 atom stereocenters. The molecule has 4 rings (SSSR count). The van der Waals surface area contributed by atoms with E-state index >= 15 is 0 Å². The second-order valence-electron chi connectivity index (χ2n) is 7.53. The first-order valence-electron chi connectivity index (χ1n) is 10.2. The van der Waals surface area contributed by atoms with Crippen molar-refractivity contribution in [1.82, 2.24) is 4.90 Å². The SMILES string of the molecule is C=C(C)[C@H](C(=O)OCc1ccc(OC)cc1)N1C(=O)[C@H]2N=C(COc3ccccc3)S[C@H]21. The summed E-state index contributed by atoms with van der Waals surface area (Å²) in [5.41, 5.74) is 1.37. The van der Waals surface area contributed by atoms with Gasteiger partial charge in [0, 0.05) is 0 Å². The van der Waals surface area contributed by atoms with E-state index in [0.717, 1.165) is 22.1 Å². The van der Waals surface area contributed by atoms with Crippen molar-refractivity contribution in [2.24, 2.45) is 4.99 Å². The zero-order valence-electron chi connectivity index (χ0n) is 17.9. The van der Waals surface area contributed by atoms with Crippen LogP contribution < -0.4 is 9.47 Å². The number of benzene rings is 2. The lowest BCUT2D eigenvalue weighted by Gasteiger charge is -2.45. The van der Waals surface area contributed by atoms with Gasteiger partial charge in [0.05, 0.1) is 7.11 Å². The summed E-state index contributed by atoms with van der Waals surface area (Å²) >= 11 is 1.44. The molecule has 2 heterocycles. The van der Waals surface area contributed by atoms with Crippen LogP contribution in [0.4, 0.5) is 0 Å². The number of esters is 1. The van der Waals surface area contributed by atoms with Crippen molar-refractivity contribution in [3.63, 3.8) is 0 Å². The van der Waals surface area contributed by atoms with Crippen molar-refractivity contribution in [3.05, 3.63) is 72.3 Å². The Morgan fingerprint density at radius 2 is 1.84 bits per heavy atom. The average Bonchev–Trinajstić information content (AvgIpc) is 3.19. The highest BCUT2D eigenvalue weighted by atomic mass is 32.2. The van der Waals surface area contributed by atoms with Crippen LogP contribution in [0, 0.1) is 0 Å². The number of para-hydroxylation sites is 1. The number of fused-ring (bicyclic) bond motifs is 1. The van der Waals surface area contributed by atoms with Crippen LogP contribution in [-0.2, 0) is 20.9 Å². The highest BCUT2D eigenvalue weighted by Crippen LogP contribution is 2.41. The molecule has 0 radical (unpaired) electrons. The maximum atomic E-state index is 12.9. The maximum absolute atomic E-state index is 12.9. The normalized spacial score (nSPS) is 20.0. The molecule has 2 aliphatic rings. The van der Waals surface area contributed by atoms with Gasteiger partial charge in [0.2, 0.25) is 0 Å². The molecule has 0 saturated carbocycles. The predicted molar refractivity (Wildman–Crippen MR) is 123 cm³/mol. The molecule has 2 aromatic carbocycles. The Kier molecular flexibility index (Phi) is 6.50. The van der Waals surface area contributed by atoms with Crippen molar-refractivity contribution in [1.29, 1.82) is 0 Å². The van der Waals surface area contributed by atoms with Crippen LogP contribution in [0.1, 0.15) is 12.5 Å². The molecule has 0 N–H and O–H groups in total. The molecule has 0 unspecified atom stereocenters. The number of methoxy groups -OCH3 is 1. The molecule has 166 valence electrons. The number of ether oxygens (including phenoxy) is 3. The third-order valence-electron chi connectivity index (χ3n) is 5.21. The summed E-state index contributed by atoms with van der Waals surface area (Å²) in [6.07, 6.45) is 0. The number of thioether (sulfide) groups is 1. The summed E-state index contributed by atoms with van der Waals surface area (Å²) in [4.78, 5) is 31.6. The van der Waals surface area contributed by atoms with E-state index in [1.54, 1.807) is 26.2 Å². The Morgan fingerprint density at radius 3 is 2.50 bits per heavy atom. The van der Waals surface area contributed by atoms with Gasteiger partial charge in [-0.1, -0.05) is 48.7 Å². The molecular formula is C24H24N2O5S. The fraction of sp³-hybridized carbons (Fsp3) is 0.292. The smallest absolute Gasteiger partial charge is 0.333 e. The number of rotatable bonds is 9. The number of carbonyl (C=O) groups excluding carboxylic acids is 2. The second kappa shape index (κ2) is 9.48. The molecule has 1 amide bonds. The summed E-state index contributed by atoms with van der Waals surface area (Å²) < 4.78 is 16.4. The average molecular weight is 453 g/mol. The molecule has 0 bridgehead atoms. The van der Waals surface area contributed by atoms with Crippen LogP contribution in [0.2, 0.25) is 0 Å². The fourth-order valence-electron chi connectivity index (χ4n) is 3.55. The topological polar surface area (TPSA) is 77.4 Å². The first kappa shape index (κ1) is 22.0. The Balaban J connectivity index is 1.36. The van der Waals surface area contributed by atoms with Crippen molar-refractivity contribution < 1.29 is 23.8 Å². The Hall–Kier alpha value is -3.26. The molecule has 7 nitrogen and oxygen atoms in total. The lowest BCUT2D eigenvalue weighted by atomic mass is 10.00. The minimum Gasteiger partial charge on any atom is -0.497 e. The number of amides is 1. The van der Waals surface area contributed by atoms with Gasteiger partial charge in [-0.25, -0.2) is 4.79 Å². The standard InChI is InChI=1S/C24H24N2O5S/c1-15(2)21(24(28)31-13-16-9-11-17(29-3)12-10-16)26-22(27)20-23(26)32-19(25-20)14-30-18-7-5-4-6-8-18/h4-12,20-21,23H,1,13-14H2,2-3H3/t20-,21-,23-/m1/s1. The van der Waals surface area contributed by atoms with Crippen LogP contribution in [0.15, 0.2) is 71.7 Å². The monoisotopic (exact) mass is 452 g/mol. The number of likely N-dealkylation sites (tertiary alicyclic amines) is 1. The maximum Gasteiger partial charge on any atom is 0.333 e. The van der Waals surface area contributed by atoms with Gasteiger partial charge in [-0.15, -0.1) is 0 Å². The van der Waals surface area contributed by atoms with Gasteiger partial charge in [-0.05, 0) is 42.3 Å². The van der Waals surface area contributed by atoms with Gasteiger partial charge in [0.15, 0.2) is 12.1 Å². The van der Waals surface area contributed by atoms with Gasteiger partial charge >= 0.3 is 5.97 Å². The third-order valence-corrected chi connectivity index (χ3v) is 6.43. The Morgan fingerprint density at radius 1 is 1.12 bits per heavy atom. The van der Waals surface area contributed by atoms with Crippen LogP contribution in [0.25, 0.3) is 0 Å². The van der Waals surface area contributed by atoms with E-state index in [9.17, 15) is 9.59 Å². The number of β-lactam (4-membered cyclic amide) rings is 1. The summed E-state index contributed by atoms with van der Waals surface area (Å²) in [6, 6.07) is 15.3. The van der Waals surface area contributed by atoms with Gasteiger partial charge in [0.1, 0.15) is 35.1 Å². The van der Waals surface area contributed by atoms with E-state index in [0.29, 0.717) is 5.57 Å². The van der Waals surface area contributed by atoms with E-state index in [2.05, 4.69) is 11.6 Å². The van der Waals surface area contributed by atoms with Crippen molar-refractivity contribution in [2.45, 2.75) is 31.0 Å². The predicted octanol–water partition coefficient (Wildman–Crippen LogP) is 3.44. The van der Waals surface area contributed by atoms with Crippen molar-refractivity contribution in [3.8, 4) is 11.5 Å². The molecule has 2 aliphatic heterocycles. The second-order valence-corrected chi connectivity index (χ2v) is 8.72. The van der Waals surface area contributed by atoms with Crippen LogP contribution in [0.5, 0.6) is 11.5 Å². The lowest BCUT2D eigenvalue weighted by molar-refractivity contribution is -0.161. The highest BCUT2D eigenvalue weighted by Gasteiger charge is 2.56.